The largest absolute Gasteiger partial charge is 0.352 e. The van der Waals surface area contributed by atoms with Crippen LogP contribution in [0.4, 0.5) is 4.79 Å². The predicted molar refractivity (Wildman–Crippen MR) is 71.5 cm³/mol. The van der Waals surface area contributed by atoms with E-state index in [-0.39, 0.29) is 18.5 Å². The van der Waals surface area contributed by atoms with Crippen molar-refractivity contribution >= 4 is 23.8 Å². The highest BCUT2D eigenvalue weighted by molar-refractivity contribution is 6.45. The second kappa shape index (κ2) is 6.31. The van der Waals surface area contributed by atoms with Gasteiger partial charge in [-0.05, 0) is 12.8 Å². The molecule has 0 aromatic rings. The quantitative estimate of drug-likeness (QED) is 0.426. The third kappa shape index (κ3) is 3.23. The molecular weight excluding hydrogens is 262 g/mol. The molecule has 0 aromatic heterocycles. The van der Waals surface area contributed by atoms with Gasteiger partial charge in [0.15, 0.2) is 0 Å². The van der Waals surface area contributed by atoms with Crippen LogP contribution >= 0.6 is 0 Å². The van der Waals surface area contributed by atoms with Crippen molar-refractivity contribution in [3.63, 3.8) is 0 Å². The van der Waals surface area contributed by atoms with Crippen LogP contribution < -0.4 is 5.32 Å². The number of rotatable bonds is 6. The minimum atomic E-state index is -0.982. The molecule has 0 saturated carbocycles. The molecule has 5 amide bonds. The number of nitrogens with zero attached hydrogens (tertiary/aromatic N) is 2. The Morgan fingerprint density at radius 2 is 1.75 bits per heavy atom. The van der Waals surface area contributed by atoms with Gasteiger partial charge in [-0.1, -0.05) is 19.9 Å². The lowest BCUT2D eigenvalue weighted by Crippen LogP contribution is -2.45. The molecule has 0 bridgehead atoms. The van der Waals surface area contributed by atoms with Gasteiger partial charge in [-0.3, -0.25) is 19.3 Å². The second-order valence-corrected chi connectivity index (χ2v) is 4.98. The lowest BCUT2D eigenvalue weighted by atomic mass is 10.1. The number of amides is 5. The molecular formula is C13H19N3O4. The summed E-state index contributed by atoms with van der Waals surface area (Å²) in [6, 6.07) is -0.873. The maximum atomic E-state index is 11.9. The summed E-state index contributed by atoms with van der Waals surface area (Å²) < 4.78 is 0. The van der Waals surface area contributed by atoms with Gasteiger partial charge in [0.05, 0.1) is 0 Å². The fourth-order valence-corrected chi connectivity index (χ4v) is 1.59. The molecule has 1 aliphatic rings. The fourth-order valence-electron chi connectivity index (χ4n) is 1.59. The van der Waals surface area contributed by atoms with Crippen molar-refractivity contribution in [3.8, 4) is 0 Å². The van der Waals surface area contributed by atoms with E-state index in [1.807, 2.05) is 20.8 Å². The molecule has 1 fully saturated rings. The Morgan fingerprint density at radius 1 is 1.20 bits per heavy atom. The van der Waals surface area contributed by atoms with Crippen LogP contribution in [-0.2, 0) is 14.4 Å². The van der Waals surface area contributed by atoms with Gasteiger partial charge in [0.25, 0.3) is 0 Å². The van der Waals surface area contributed by atoms with Crippen molar-refractivity contribution in [1.29, 1.82) is 0 Å². The maximum Gasteiger partial charge on any atom is 0.335 e. The predicted octanol–water partition coefficient (Wildman–Crippen LogP) is 0.124. The number of hydrogen-bond acceptors (Lipinski definition) is 4. The van der Waals surface area contributed by atoms with Gasteiger partial charge in [0, 0.05) is 12.6 Å². The summed E-state index contributed by atoms with van der Waals surface area (Å²) in [5, 5.41) is 2.67. The van der Waals surface area contributed by atoms with Gasteiger partial charge in [-0.2, -0.15) is 0 Å². The lowest BCUT2D eigenvalue weighted by molar-refractivity contribution is -0.143. The summed E-state index contributed by atoms with van der Waals surface area (Å²) in [7, 11) is 0. The monoisotopic (exact) mass is 281 g/mol. The van der Waals surface area contributed by atoms with Crippen LogP contribution in [0.5, 0.6) is 0 Å². The van der Waals surface area contributed by atoms with Gasteiger partial charge >= 0.3 is 17.8 Å². The van der Waals surface area contributed by atoms with Crippen LogP contribution in [0.25, 0.3) is 0 Å². The number of carbonyl (C=O) groups is 4. The lowest BCUT2D eigenvalue weighted by Gasteiger charge is -2.19. The Kier molecular flexibility index (Phi) is 5.01. The number of carbonyl (C=O) groups excluding carboxylic acids is 4. The standard InChI is InChI=1S/C13H19N3O4/c1-5-6-15-11(18)12(19)16(13(15)20)7-10(17)14-9(4)8(2)3/h5,8-9H,1,6-7H2,2-4H3,(H,14,17)/t9-/m1/s1. The van der Waals surface area contributed by atoms with E-state index in [2.05, 4.69) is 11.9 Å². The average molecular weight is 281 g/mol. The summed E-state index contributed by atoms with van der Waals surface area (Å²) in [6.45, 7) is 8.60. The summed E-state index contributed by atoms with van der Waals surface area (Å²) in [4.78, 5) is 48.2. The SMILES string of the molecule is C=CCN1C(=O)C(=O)N(CC(=O)N[C@H](C)C(C)C)C1=O. The van der Waals surface area contributed by atoms with Gasteiger partial charge in [-0.25, -0.2) is 9.69 Å². The molecule has 0 spiro atoms. The van der Waals surface area contributed by atoms with Gasteiger partial charge in [-0.15, -0.1) is 6.58 Å². The zero-order valence-electron chi connectivity index (χ0n) is 11.9. The number of hydrogen-bond donors (Lipinski definition) is 1. The minimum Gasteiger partial charge on any atom is -0.352 e. The first kappa shape index (κ1) is 15.9. The van der Waals surface area contributed by atoms with Gasteiger partial charge in [0.2, 0.25) is 5.91 Å². The third-order valence-electron chi connectivity index (χ3n) is 3.14. The highest BCUT2D eigenvalue weighted by Gasteiger charge is 2.44. The Labute approximate surface area is 117 Å². The zero-order chi connectivity index (χ0) is 15.4. The molecule has 1 heterocycles. The topological polar surface area (TPSA) is 86.8 Å². The van der Waals surface area contributed by atoms with Crippen LogP contribution in [0.3, 0.4) is 0 Å². The van der Waals surface area contributed by atoms with Crippen molar-refractivity contribution in [2.75, 3.05) is 13.1 Å². The summed E-state index contributed by atoms with van der Waals surface area (Å²) in [6.07, 6.45) is 1.34. The van der Waals surface area contributed by atoms with E-state index in [0.717, 1.165) is 4.90 Å². The molecule has 1 N–H and O–H groups in total. The molecule has 1 saturated heterocycles. The molecule has 20 heavy (non-hydrogen) atoms. The molecule has 110 valence electrons. The van der Waals surface area contributed by atoms with Crippen molar-refractivity contribution in [1.82, 2.24) is 15.1 Å². The van der Waals surface area contributed by atoms with Crippen molar-refractivity contribution < 1.29 is 19.2 Å². The molecule has 0 unspecified atom stereocenters. The first-order chi connectivity index (χ1) is 9.29. The van der Waals surface area contributed by atoms with E-state index in [0.29, 0.717) is 4.90 Å². The van der Waals surface area contributed by atoms with Crippen LogP contribution in [-0.4, -0.2) is 52.7 Å². The summed E-state index contributed by atoms with van der Waals surface area (Å²) in [5.74, 6) is -2.16. The highest BCUT2D eigenvalue weighted by atomic mass is 16.2. The van der Waals surface area contributed by atoms with E-state index in [1.54, 1.807) is 0 Å². The molecule has 0 aromatic carbocycles. The Morgan fingerprint density at radius 3 is 2.25 bits per heavy atom. The molecule has 0 aliphatic carbocycles. The number of urea groups is 1. The average Bonchev–Trinajstić information content (AvgIpc) is 2.56. The Hall–Kier alpha value is -2.18. The van der Waals surface area contributed by atoms with Crippen LogP contribution in [0.15, 0.2) is 12.7 Å². The number of imide groups is 2. The van der Waals surface area contributed by atoms with Gasteiger partial charge < -0.3 is 5.32 Å². The normalized spacial score (nSPS) is 16.9. The minimum absolute atomic E-state index is 0.0517. The van der Waals surface area contributed by atoms with Crippen molar-refractivity contribution in [2.45, 2.75) is 26.8 Å². The molecule has 1 atom stereocenters. The highest BCUT2D eigenvalue weighted by Crippen LogP contribution is 2.11. The Bertz CT molecular complexity index is 459. The van der Waals surface area contributed by atoms with Crippen LogP contribution in [0.1, 0.15) is 20.8 Å². The first-order valence-corrected chi connectivity index (χ1v) is 6.37. The molecule has 7 heteroatoms. The van der Waals surface area contributed by atoms with Crippen molar-refractivity contribution in [3.05, 3.63) is 12.7 Å². The van der Waals surface area contributed by atoms with Crippen LogP contribution in [0.2, 0.25) is 0 Å². The van der Waals surface area contributed by atoms with E-state index >= 15 is 0 Å². The Balaban J connectivity index is 2.70. The maximum absolute atomic E-state index is 11.9. The van der Waals surface area contributed by atoms with Crippen LogP contribution in [0, 0.1) is 5.92 Å². The molecule has 1 aliphatic heterocycles. The molecule has 7 nitrogen and oxygen atoms in total. The van der Waals surface area contributed by atoms with Crippen molar-refractivity contribution in [2.24, 2.45) is 5.92 Å². The first-order valence-electron chi connectivity index (χ1n) is 6.37. The second-order valence-electron chi connectivity index (χ2n) is 4.98. The van der Waals surface area contributed by atoms with E-state index in [4.69, 9.17) is 0 Å². The molecule has 1 rings (SSSR count). The zero-order valence-corrected chi connectivity index (χ0v) is 11.9. The summed E-state index contributed by atoms with van der Waals surface area (Å²) >= 11 is 0. The fraction of sp³-hybridized carbons (Fsp3) is 0.538. The van der Waals surface area contributed by atoms with E-state index in [1.165, 1.54) is 6.08 Å². The third-order valence-corrected chi connectivity index (χ3v) is 3.14. The van der Waals surface area contributed by atoms with E-state index in [9.17, 15) is 19.2 Å². The number of nitrogens with one attached hydrogen (secondary N) is 1. The molecule has 0 radical (unpaired) electrons. The summed E-state index contributed by atoms with van der Waals surface area (Å²) in [5.41, 5.74) is 0. The smallest absolute Gasteiger partial charge is 0.335 e. The van der Waals surface area contributed by atoms with E-state index < -0.39 is 30.3 Å². The van der Waals surface area contributed by atoms with Gasteiger partial charge in [0.1, 0.15) is 6.54 Å².